The maximum absolute atomic E-state index is 13.7. The lowest BCUT2D eigenvalue weighted by Gasteiger charge is -2.28. The summed E-state index contributed by atoms with van der Waals surface area (Å²) < 4.78 is 19.1. The summed E-state index contributed by atoms with van der Waals surface area (Å²) in [5, 5.41) is 2.81. The van der Waals surface area contributed by atoms with Crippen molar-refractivity contribution in [2.75, 3.05) is 19.7 Å². The Balaban J connectivity index is 2.05. The number of carbonyl (C=O) groups excluding carboxylic acids is 2. The Labute approximate surface area is 165 Å². The van der Waals surface area contributed by atoms with E-state index < -0.39 is 11.9 Å². The molecule has 5 nitrogen and oxygen atoms in total. The van der Waals surface area contributed by atoms with Crippen LogP contribution in [-0.4, -0.2) is 42.5 Å². The minimum atomic E-state index is -0.646. The zero-order chi connectivity index (χ0) is 20.4. The smallest absolute Gasteiger partial charge is 0.261 e. The lowest BCUT2D eigenvalue weighted by Crippen LogP contribution is -2.50. The number of amides is 2. The first-order chi connectivity index (χ1) is 13.5. The number of hydrogen-bond acceptors (Lipinski definition) is 3. The molecule has 0 aliphatic carbocycles. The molecule has 0 saturated carbocycles. The second-order valence-electron chi connectivity index (χ2n) is 6.51. The number of nitrogens with one attached hydrogen (secondary N) is 1. The number of hydrogen-bond donors (Lipinski definition) is 1. The average molecular weight is 386 g/mol. The first-order valence-electron chi connectivity index (χ1n) is 9.51. The molecule has 0 fully saturated rings. The van der Waals surface area contributed by atoms with E-state index in [0.717, 1.165) is 12.0 Å². The van der Waals surface area contributed by atoms with Crippen molar-refractivity contribution in [2.24, 2.45) is 0 Å². The van der Waals surface area contributed by atoms with Gasteiger partial charge < -0.3 is 15.0 Å². The van der Waals surface area contributed by atoms with E-state index in [1.54, 1.807) is 19.1 Å². The van der Waals surface area contributed by atoms with E-state index in [4.69, 9.17) is 4.74 Å². The summed E-state index contributed by atoms with van der Waals surface area (Å²) in [5.74, 6) is -1.09. The number of ether oxygens (including phenoxy) is 1. The first-order valence-corrected chi connectivity index (χ1v) is 9.51. The molecule has 1 atom stereocenters. The average Bonchev–Trinajstić information content (AvgIpc) is 2.72. The Morgan fingerprint density at radius 3 is 2.46 bits per heavy atom. The highest BCUT2D eigenvalue weighted by Crippen LogP contribution is 2.16. The lowest BCUT2D eigenvalue weighted by molar-refractivity contribution is -0.141. The van der Waals surface area contributed by atoms with Crippen molar-refractivity contribution < 1.29 is 18.7 Å². The summed E-state index contributed by atoms with van der Waals surface area (Å²) in [4.78, 5) is 26.6. The highest BCUT2D eigenvalue weighted by Gasteiger charge is 2.26. The monoisotopic (exact) mass is 386 g/mol. The van der Waals surface area contributed by atoms with Crippen LogP contribution >= 0.6 is 0 Å². The van der Waals surface area contributed by atoms with Crippen molar-refractivity contribution in [1.29, 1.82) is 0 Å². The van der Waals surface area contributed by atoms with Crippen LogP contribution < -0.4 is 10.1 Å². The third kappa shape index (κ3) is 6.37. The predicted octanol–water partition coefficient (Wildman–Crippen LogP) is 3.19. The van der Waals surface area contributed by atoms with Gasteiger partial charge in [-0.3, -0.25) is 9.59 Å². The number of para-hydroxylation sites is 1. The van der Waals surface area contributed by atoms with Crippen LogP contribution in [0.2, 0.25) is 0 Å². The molecule has 0 aliphatic heterocycles. The molecule has 28 heavy (non-hydrogen) atoms. The summed E-state index contributed by atoms with van der Waals surface area (Å²) in [5.41, 5.74) is 1.07. The Morgan fingerprint density at radius 2 is 1.79 bits per heavy atom. The second kappa shape index (κ2) is 11.1. The zero-order valence-electron chi connectivity index (χ0n) is 16.4. The van der Waals surface area contributed by atoms with E-state index in [2.05, 4.69) is 5.32 Å². The number of carbonyl (C=O) groups is 2. The van der Waals surface area contributed by atoms with Crippen LogP contribution in [0, 0.1) is 5.82 Å². The van der Waals surface area contributed by atoms with Gasteiger partial charge in [0, 0.05) is 13.1 Å². The van der Waals surface area contributed by atoms with Gasteiger partial charge in [-0.1, -0.05) is 49.4 Å². The van der Waals surface area contributed by atoms with E-state index >= 15 is 0 Å². The van der Waals surface area contributed by atoms with Crippen molar-refractivity contribution in [3.05, 3.63) is 66.0 Å². The van der Waals surface area contributed by atoms with E-state index in [0.29, 0.717) is 19.5 Å². The molecule has 1 N–H and O–H groups in total. The predicted molar refractivity (Wildman–Crippen MR) is 107 cm³/mol. The molecule has 2 aromatic rings. The number of rotatable bonds is 10. The Kier molecular flexibility index (Phi) is 8.46. The summed E-state index contributed by atoms with van der Waals surface area (Å²) in [6.07, 6.45) is 1.42. The van der Waals surface area contributed by atoms with Crippen molar-refractivity contribution in [2.45, 2.75) is 32.7 Å². The van der Waals surface area contributed by atoms with Crippen LogP contribution in [0.3, 0.4) is 0 Å². The quantitative estimate of drug-likeness (QED) is 0.682. The second-order valence-corrected chi connectivity index (χ2v) is 6.51. The fourth-order valence-electron chi connectivity index (χ4n) is 2.75. The Morgan fingerprint density at radius 1 is 1.11 bits per heavy atom. The fraction of sp³-hybridized carbons (Fsp3) is 0.364. The molecular weight excluding hydrogens is 359 g/mol. The highest BCUT2D eigenvalue weighted by atomic mass is 19.1. The van der Waals surface area contributed by atoms with Crippen LogP contribution in [0.15, 0.2) is 54.6 Å². The van der Waals surface area contributed by atoms with Crippen molar-refractivity contribution in [3.63, 3.8) is 0 Å². The van der Waals surface area contributed by atoms with Crippen LogP contribution in [0.25, 0.3) is 0 Å². The van der Waals surface area contributed by atoms with Gasteiger partial charge >= 0.3 is 0 Å². The van der Waals surface area contributed by atoms with E-state index in [1.165, 1.54) is 17.0 Å². The lowest BCUT2D eigenvalue weighted by atomic mass is 10.1. The molecule has 1 unspecified atom stereocenters. The van der Waals surface area contributed by atoms with Gasteiger partial charge in [0.05, 0.1) is 0 Å². The number of benzene rings is 2. The third-order valence-corrected chi connectivity index (χ3v) is 4.39. The summed E-state index contributed by atoms with van der Waals surface area (Å²) in [7, 11) is 0. The molecule has 0 spiro atoms. The number of nitrogens with zero attached hydrogens (tertiary/aromatic N) is 1. The highest BCUT2D eigenvalue weighted by molar-refractivity contribution is 5.87. The maximum atomic E-state index is 13.7. The van der Waals surface area contributed by atoms with Crippen molar-refractivity contribution in [3.8, 4) is 5.75 Å². The van der Waals surface area contributed by atoms with Crippen molar-refractivity contribution in [1.82, 2.24) is 10.2 Å². The molecule has 150 valence electrons. The minimum absolute atomic E-state index is 0.0157. The molecule has 2 aromatic carbocycles. The minimum Gasteiger partial charge on any atom is -0.481 e. The normalized spacial score (nSPS) is 11.5. The van der Waals surface area contributed by atoms with Gasteiger partial charge in [-0.15, -0.1) is 0 Å². The topological polar surface area (TPSA) is 58.6 Å². The Hall–Kier alpha value is -2.89. The molecule has 0 radical (unpaired) electrons. The molecule has 2 rings (SSSR count). The Bertz CT molecular complexity index is 767. The van der Waals surface area contributed by atoms with Crippen LogP contribution in [0.4, 0.5) is 4.39 Å². The van der Waals surface area contributed by atoms with Gasteiger partial charge in [-0.2, -0.15) is 0 Å². The summed E-state index contributed by atoms with van der Waals surface area (Å²) in [6.45, 7) is 4.24. The third-order valence-electron chi connectivity index (χ3n) is 4.39. The SMILES string of the molecule is CCCNC(=O)C(C)N(CCc1ccccc1)C(=O)COc1ccccc1F. The van der Waals surface area contributed by atoms with Gasteiger partial charge in [0.1, 0.15) is 6.04 Å². The van der Waals surface area contributed by atoms with Gasteiger partial charge in [-0.25, -0.2) is 4.39 Å². The molecule has 0 bridgehead atoms. The fourth-order valence-corrected chi connectivity index (χ4v) is 2.75. The summed E-state index contributed by atoms with van der Waals surface area (Å²) in [6, 6.07) is 15.0. The molecule has 0 saturated heterocycles. The molecule has 6 heteroatoms. The van der Waals surface area contributed by atoms with E-state index in [9.17, 15) is 14.0 Å². The number of halogens is 1. The largest absolute Gasteiger partial charge is 0.481 e. The molecular formula is C22H27FN2O3. The standard InChI is InChI=1S/C22H27FN2O3/c1-3-14-24-22(27)17(2)25(15-13-18-9-5-4-6-10-18)21(26)16-28-20-12-8-7-11-19(20)23/h4-12,17H,3,13-16H2,1-2H3,(H,24,27). The van der Waals surface area contributed by atoms with Crippen LogP contribution in [0.1, 0.15) is 25.8 Å². The molecule has 2 amide bonds. The van der Waals surface area contributed by atoms with Crippen LogP contribution in [-0.2, 0) is 16.0 Å². The van der Waals surface area contributed by atoms with Gasteiger partial charge in [0.15, 0.2) is 18.2 Å². The van der Waals surface area contributed by atoms with Crippen molar-refractivity contribution >= 4 is 11.8 Å². The maximum Gasteiger partial charge on any atom is 0.261 e. The van der Waals surface area contributed by atoms with Gasteiger partial charge in [0.25, 0.3) is 5.91 Å². The summed E-state index contributed by atoms with van der Waals surface area (Å²) >= 11 is 0. The first kappa shape index (κ1) is 21.4. The van der Waals surface area contributed by atoms with E-state index in [1.807, 2.05) is 37.3 Å². The van der Waals surface area contributed by atoms with Gasteiger partial charge in [0.2, 0.25) is 5.91 Å². The molecule has 0 aliphatic rings. The van der Waals surface area contributed by atoms with Gasteiger partial charge in [-0.05, 0) is 37.5 Å². The zero-order valence-corrected chi connectivity index (χ0v) is 16.4. The van der Waals surface area contributed by atoms with E-state index in [-0.39, 0.29) is 24.2 Å². The molecule has 0 heterocycles. The van der Waals surface area contributed by atoms with Crippen LogP contribution in [0.5, 0.6) is 5.75 Å². The molecule has 0 aromatic heterocycles.